The molecule has 1 aromatic rings. The van der Waals surface area contributed by atoms with Gasteiger partial charge in [0.1, 0.15) is 5.00 Å². The van der Waals surface area contributed by atoms with Gasteiger partial charge in [-0.05, 0) is 49.5 Å². The van der Waals surface area contributed by atoms with Gasteiger partial charge in [0.15, 0.2) is 5.82 Å². The van der Waals surface area contributed by atoms with Gasteiger partial charge in [-0.3, -0.25) is 0 Å². The largest absolute Gasteiger partial charge is 0.382 e. The van der Waals surface area contributed by atoms with E-state index in [-0.39, 0.29) is 0 Å². The molecule has 0 aromatic carbocycles. The maximum Gasteiger partial charge on any atom is 0.153 e. The van der Waals surface area contributed by atoms with Crippen LogP contribution in [0.15, 0.2) is 4.90 Å². The van der Waals surface area contributed by atoms with Crippen molar-refractivity contribution in [2.24, 2.45) is 5.92 Å². The Balaban J connectivity index is 1.51. The molecule has 1 aliphatic carbocycles. The molecule has 0 amide bonds. The average molecular weight is 284 g/mol. The fraction of sp³-hybridized carbons (Fsp3) is 0.750. The van der Waals surface area contributed by atoms with E-state index in [0.717, 1.165) is 28.4 Å². The number of hydrogen-bond acceptors (Lipinski definition) is 6. The summed E-state index contributed by atoms with van der Waals surface area (Å²) in [6, 6.07) is 0.913. The maximum absolute atomic E-state index is 5.84. The molecule has 1 unspecified atom stereocenters. The van der Waals surface area contributed by atoms with E-state index in [0.29, 0.717) is 5.82 Å². The summed E-state index contributed by atoms with van der Waals surface area (Å²) in [5.41, 5.74) is 5.84. The van der Waals surface area contributed by atoms with Crippen LogP contribution in [0.4, 0.5) is 10.8 Å². The average Bonchev–Trinajstić information content (AvgIpc) is 3.01. The van der Waals surface area contributed by atoms with Crippen molar-refractivity contribution in [2.75, 3.05) is 36.9 Å². The van der Waals surface area contributed by atoms with Gasteiger partial charge in [-0.2, -0.15) is 4.37 Å². The highest BCUT2D eigenvalue weighted by Gasteiger charge is 2.34. The van der Waals surface area contributed by atoms with Crippen LogP contribution >= 0.6 is 23.3 Å². The van der Waals surface area contributed by atoms with E-state index in [9.17, 15) is 0 Å². The lowest BCUT2D eigenvalue weighted by Crippen LogP contribution is -2.24. The van der Waals surface area contributed by atoms with Gasteiger partial charge in [0.25, 0.3) is 0 Å². The lowest BCUT2D eigenvalue weighted by molar-refractivity contribution is 0.316. The van der Waals surface area contributed by atoms with Crippen LogP contribution in [0.1, 0.15) is 19.3 Å². The van der Waals surface area contributed by atoms with Crippen molar-refractivity contribution in [1.29, 1.82) is 0 Å². The van der Waals surface area contributed by atoms with Crippen LogP contribution in [0.2, 0.25) is 0 Å². The Morgan fingerprint density at radius 2 is 2.33 bits per heavy atom. The Hall–Kier alpha value is -0.460. The molecule has 0 radical (unpaired) electrons. The van der Waals surface area contributed by atoms with Crippen molar-refractivity contribution in [3.05, 3.63) is 0 Å². The molecule has 6 heteroatoms. The molecule has 1 aliphatic heterocycles. The third-order valence-electron chi connectivity index (χ3n) is 3.81. The predicted octanol–water partition coefficient (Wildman–Crippen LogP) is 2.34. The number of aromatic nitrogens is 1. The number of rotatable bonds is 5. The Kier molecular flexibility index (Phi) is 3.68. The standard InChI is InChI=1S/C12H20N4S2/c1-17-10-11(13)15-18-12(10)14-6-8-4-5-16(7-8)9-2-3-9/h8-9,14H,2-7H2,1H3,(H2,13,15). The zero-order valence-electron chi connectivity index (χ0n) is 10.7. The van der Waals surface area contributed by atoms with Crippen LogP contribution in [0.25, 0.3) is 0 Å². The molecule has 3 N–H and O–H groups in total. The fourth-order valence-electron chi connectivity index (χ4n) is 2.64. The van der Waals surface area contributed by atoms with Crippen LogP contribution in [0, 0.1) is 5.92 Å². The van der Waals surface area contributed by atoms with Gasteiger partial charge >= 0.3 is 0 Å². The van der Waals surface area contributed by atoms with Crippen molar-refractivity contribution in [3.8, 4) is 0 Å². The summed E-state index contributed by atoms with van der Waals surface area (Å²) in [7, 11) is 0. The van der Waals surface area contributed by atoms with E-state index in [1.54, 1.807) is 11.8 Å². The molecule has 4 nitrogen and oxygen atoms in total. The summed E-state index contributed by atoms with van der Waals surface area (Å²) >= 11 is 3.16. The highest BCUT2D eigenvalue weighted by molar-refractivity contribution is 7.99. The summed E-state index contributed by atoms with van der Waals surface area (Å²) < 4.78 is 4.21. The molecule has 1 saturated carbocycles. The number of anilines is 2. The maximum atomic E-state index is 5.84. The zero-order chi connectivity index (χ0) is 12.5. The molecular weight excluding hydrogens is 264 g/mol. The summed E-state index contributed by atoms with van der Waals surface area (Å²) in [6.45, 7) is 3.61. The van der Waals surface area contributed by atoms with Gasteiger partial charge < -0.3 is 16.0 Å². The molecule has 1 aromatic heterocycles. The van der Waals surface area contributed by atoms with Crippen LogP contribution in [-0.4, -0.2) is 41.2 Å². The van der Waals surface area contributed by atoms with E-state index in [1.165, 1.54) is 43.9 Å². The molecule has 1 saturated heterocycles. The van der Waals surface area contributed by atoms with Crippen molar-refractivity contribution in [1.82, 2.24) is 9.27 Å². The Bertz CT molecular complexity index is 416. The highest BCUT2D eigenvalue weighted by atomic mass is 32.2. The van der Waals surface area contributed by atoms with Crippen molar-refractivity contribution < 1.29 is 0 Å². The number of nitrogens with two attached hydrogens (primary N) is 1. The Morgan fingerprint density at radius 3 is 3.06 bits per heavy atom. The second kappa shape index (κ2) is 5.27. The van der Waals surface area contributed by atoms with E-state index < -0.39 is 0 Å². The van der Waals surface area contributed by atoms with Gasteiger partial charge in [-0.1, -0.05) is 0 Å². The first-order valence-corrected chi connectivity index (χ1v) is 8.54. The molecule has 3 rings (SSSR count). The first kappa shape index (κ1) is 12.6. The second-order valence-corrected chi connectivity index (χ2v) is 6.78. The number of nitrogen functional groups attached to an aromatic ring is 1. The Morgan fingerprint density at radius 1 is 1.50 bits per heavy atom. The normalized spacial score (nSPS) is 24.6. The van der Waals surface area contributed by atoms with Gasteiger partial charge in [-0.25, -0.2) is 0 Å². The minimum absolute atomic E-state index is 0.668. The molecular formula is C12H20N4S2. The van der Waals surface area contributed by atoms with Gasteiger partial charge in [0.2, 0.25) is 0 Å². The van der Waals surface area contributed by atoms with Crippen LogP contribution in [0.3, 0.4) is 0 Å². The van der Waals surface area contributed by atoms with Crippen LogP contribution in [-0.2, 0) is 0 Å². The lowest BCUT2D eigenvalue weighted by Gasteiger charge is -2.15. The third kappa shape index (κ3) is 2.60. The highest BCUT2D eigenvalue weighted by Crippen LogP contribution is 2.35. The summed E-state index contributed by atoms with van der Waals surface area (Å²) in [6.07, 6.45) is 6.21. The van der Waals surface area contributed by atoms with E-state index in [2.05, 4.69) is 20.8 Å². The summed E-state index contributed by atoms with van der Waals surface area (Å²) in [5.74, 6) is 1.45. The summed E-state index contributed by atoms with van der Waals surface area (Å²) in [5, 5.41) is 4.68. The first-order valence-electron chi connectivity index (χ1n) is 6.55. The number of hydrogen-bond donors (Lipinski definition) is 2. The van der Waals surface area contributed by atoms with Gasteiger partial charge in [0, 0.05) is 19.1 Å². The predicted molar refractivity (Wildman–Crippen MR) is 79.5 cm³/mol. The van der Waals surface area contributed by atoms with Gasteiger partial charge in [0.05, 0.1) is 4.90 Å². The van der Waals surface area contributed by atoms with Crippen molar-refractivity contribution >= 4 is 34.1 Å². The topological polar surface area (TPSA) is 54.2 Å². The monoisotopic (exact) mass is 284 g/mol. The molecule has 2 aliphatic rings. The first-order chi connectivity index (χ1) is 8.78. The Labute approximate surface area is 116 Å². The third-order valence-corrected chi connectivity index (χ3v) is 5.58. The minimum atomic E-state index is 0.668. The smallest absolute Gasteiger partial charge is 0.153 e. The van der Waals surface area contributed by atoms with E-state index in [1.807, 2.05) is 0 Å². The molecule has 18 heavy (non-hydrogen) atoms. The lowest BCUT2D eigenvalue weighted by atomic mass is 10.1. The number of nitrogens with zero attached hydrogens (tertiary/aromatic N) is 2. The number of nitrogens with one attached hydrogen (secondary N) is 1. The molecule has 0 bridgehead atoms. The van der Waals surface area contributed by atoms with E-state index >= 15 is 0 Å². The fourth-order valence-corrected chi connectivity index (χ4v) is 4.19. The second-order valence-electron chi connectivity index (χ2n) is 5.19. The number of likely N-dealkylation sites (tertiary alicyclic amines) is 1. The molecule has 1 atom stereocenters. The van der Waals surface area contributed by atoms with Crippen molar-refractivity contribution in [3.63, 3.8) is 0 Å². The number of thioether (sulfide) groups is 1. The quantitative estimate of drug-likeness (QED) is 0.813. The van der Waals surface area contributed by atoms with Crippen molar-refractivity contribution in [2.45, 2.75) is 30.2 Å². The van der Waals surface area contributed by atoms with Gasteiger partial charge in [-0.15, -0.1) is 11.8 Å². The minimum Gasteiger partial charge on any atom is -0.382 e. The van der Waals surface area contributed by atoms with Crippen LogP contribution in [0.5, 0.6) is 0 Å². The molecule has 100 valence electrons. The summed E-state index contributed by atoms with van der Waals surface area (Å²) in [4.78, 5) is 3.76. The van der Waals surface area contributed by atoms with E-state index in [4.69, 9.17) is 5.73 Å². The SMILES string of the molecule is CSc1c(N)nsc1NCC1CCN(C2CC2)C1. The molecule has 2 fully saturated rings. The zero-order valence-corrected chi connectivity index (χ0v) is 12.3. The molecule has 2 heterocycles. The van der Waals surface area contributed by atoms with Crippen LogP contribution < -0.4 is 11.1 Å². The molecule has 0 spiro atoms.